The SMILES string of the molecule is O=C(O)c1c(Oc2ncc(Cl)cn2)ccc(CC(F)C(F)F)c1Cl. The minimum absolute atomic E-state index is 0.0776. The van der Waals surface area contributed by atoms with E-state index in [0.717, 1.165) is 0 Å². The van der Waals surface area contributed by atoms with E-state index in [0.29, 0.717) is 0 Å². The molecule has 0 bridgehead atoms. The molecule has 1 aromatic heterocycles. The summed E-state index contributed by atoms with van der Waals surface area (Å²) in [5, 5.41) is 9.12. The van der Waals surface area contributed by atoms with E-state index < -0.39 is 35.6 Å². The van der Waals surface area contributed by atoms with Gasteiger partial charge in [0.05, 0.1) is 22.4 Å². The van der Waals surface area contributed by atoms with Crippen molar-refractivity contribution in [2.75, 3.05) is 0 Å². The van der Waals surface area contributed by atoms with Crippen LogP contribution in [0.5, 0.6) is 11.8 Å². The third kappa shape index (κ3) is 4.27. The molecule has 128 valence electrons. The average Bonchev–Trinajstić information content (AvgIpc) is 2.51. The first-order valence-corrected chi connectivity index (χ1v) is 7.17. The summed E-state index contributed by atoms with van der Waals surface area (Å²) in [4.78, 5) is 18.9. The lowest BCUT2D eigenvalue weighted by molar-refractivity contribution is 0.0503. The van der Waals surface area contributed by atoms with Crippen LogP contribution in [0.15, 0.2) is 24.5 Å². The molecule has 0 radical (unpaired) electrons. The van der Waals surface area contributed by atoms with Crippen LogP contribution in [0, 0.1) is 0 Å². The first-order chi connectivity index (χ1) is 11.3. The molecule has 0 amide bonds. The van der Waals surface area contributed by atoms with Crippen LogP contribution in [0.4, 0.5) is 13.2 Å². The maximum Gasteiger partial charge on any atom is 0.341 e. The van der Waals surface area contributed by atoms with E-state index in [1.54, 1.807) is 0 Å². The van der Waals surface area contributed by atoms with Crippen LogP contribution in [0.1, 0.15) is 15.9 Å². The number of nitrogens with zero attached hydrogens (tertiary/aromatic N) is 2. The zero-order valence-electron chi connectivity index (χ0n) is 11.7. The zero-order chi connectivity index (χ0) is 17.9. The molecule has 0 saturated carbocycles. The molecule has 24 heavy (non-hydrogen) atoms. The third-order valence-corrected chi connectivity index (χ3v) is 3.51. The van der Waals surface area contributed by atoms with Gasteiger partial charge >= 0.3 is 12.0 Å². The molecule has 1 N–H and O–H groups in total. The number of aromatic nitrogens is 2. The van der Waals surface area contributed by atoms with Gasteiger partial charge in [-0.15, -0.1) is 0 Å². The van der Waals surface area contributed by atoms with Crippen molar-refractivity contribution in [3.05, 3.63) is 45.7 Å². The van der Waals surface area contributed by atoms with E-state index in [2.05, 4.69) is 9.97 Å². The van der Waals surface area contributed by atoms with Gasteiger partial charge < -0.3 is 9.84 Å². The number of benzene rings is 1. The predicted molar refractivity (Wildman–Crippen MR) is 80.1 cm³/mol. The fraction of sp³-hybridized carbons (Fsp3) is 0.214. The number of ether oxygens (including phenoxy) is 1. The van der Waals surface area contributed by atoms with Crippen molar-refractivity contribution >= 4 is 29.2 Å². The molecule has 10 heteroatoms. The van der Waals surface area contributed by atoms with Gasteiger partial charge in [0.1, 0.15) is 11.3 Å². The summed E-state index contributed by atoms with van der Waals surface area (Å²) in [6.07, 6.45) is -3.93. The van der Waals surface area contributed by atoms with Gasteiger partial charge in [-0.1, -0.05) is 29.3 Å². The molecule has 1 unspecified atom stereocenters. The Morgan fingerprint density at radius 1 is 1.21 bits per heavy atom. The first-order valence-electron chi connectivity index (χ1n) is 6.42. The van der Waals surface area contributed by atoms with Gasteiger partial charge in [0.25, 0.3) is 6.43 Å². The second kappa shape index (κ2) is 7.67. The summed E-state index contributed by atoms with van der Waals surface area (Å²) in [6, 6.07) is 2.18. The van der Waals surface area contributed by atoms with Gasteiger partial charge in [-0.05, 0) is 11.6 Å². The third-order valence-electron chi connectivity index (χ3n) is 2.88. The molecule has 0 aliphatic carbocycles. The summed E-state index contributed by atoms with van der Waals surface area (Å²) >= 11 is 11.5. The molecule has 1 aromatic carbocycles. The minimum Gasteiger partial charge on any atom is -0.478 e. The van der Waals surface area contributed by atoms with Crippen LogP contribution >= 0.6 is 23.2 Å². The monoisotopic (exact) mass is 380 g/mol. The van der Waals surface area contributed by atoms with Crippen LogP contribution in [0.2, 0.25) is 10.0 Å². The van der Waals surface area contributed by atoms with Gasteiger partial charge in [0, 0.05) is 6.42 Å². The molecule has 1 atom stereocenters. The van der Waals surface area contributed by atoms with Gasteiger partial charge in [-0.3, -0.25) is 0 Å². The second-order valence-electron chi connectivity index (χ2n) is 4.56. The maximum atomic E-state index is 13.2. The van der Waals surface area contributed by atoms with Crippen molar-refractivity contribution in [2.45, 2.75) is 19.0 Å². The fourth-order valence-corrected chi connectivity index (χ4v) is 2.21. The standard InChI is InChI=1S/C14H9Cl2F3N2O3/c15-7-4-20-14(21-5-7)24-9-2-1-6(3-8(17)12(18)19)11(16)10(9)13(22)23/h1-2,4-5,8,12H,3H2,(H,22,23). The highest BCUT2D eigenvalue weighted by molar-refractivity contribution is 6.34. The minimum atomic E-state index is -3.20. The Bertz CT molecular complexity index is 745. The molecule has 0 fully saturated rings. The van der Waals surface area contributed by atoms with Crippen LogP contribution in [-0.2, 0) is 6.42 Å². The number of carboxylic acids is 1. The molecule has 0 aliphatic heterocycles. The predicted octanol–water partition coefficient (Wildman–Crippen LogP) is 4.42. The molecule has 0 aliphatic rings. The average molecular weight is 381 g/mol. The Balaban J connectivity index is 2.37. The topological polar surface area (TPSA) is 72.3 Å². The summed E-state index contributed by atoms with van der Waals surface area (Å²) < 4.78 is 43.1. The van der Waals surface area contributed by atoms with Crippen LogP contribution in [-0.4, -0.2) is 33.6 Å². The van der Waals surface area contributed by atoms with E-state index in [1.165, 1.54) is 24.5 Å². The summed E-state index contributed by atoms with van der Waals surface area (Å²) in [7, 11) is 0. The quantitative estimate of drug-likeness (QED) is 0.802. The van der Waals surface area contributed by atoms with Crippen LogP contribution in [0.3, 0.4) is 0 Å². The highest BCUT2D eigenvalue weighted by Gasteiger charge is 2.25. The number of rotatable bonds is 6. The number of carboxylic acid groups (broad SMARTS) is 1. The Hall–Kier alpha value is -2.06. The second-order valence-corrected chi connectivity index (χ2v) is 5.37. The summed E-state index contributed by atoms with van der Waals surface area (Å²) in [5.41, 5.74) is -0.583. The lowest BCUT2D eigenvalue weighted by atomic mass is 10.0. The molecular weight excluding hydrogens is 372 g/mol. The Kier molecular flexibility index (Phi) is 5.84. The van der Waals surface area contributed by atoms with E-state index in [-0.39, 0.29) is 22.3 Å². The van der Waals surface area contributed by atoms with Gasteiger partial charge in [-0.25, -0.2) is 27.9 Å². The lowest BCUT2D eigenvalue weighted by Crippen LogP contribution is -2.16. The largest absolute Gasteiger partial charge is 0.478 e. The number of hydrogen-bond acceptors (Lipinski definition) is 4. The van der Waals surface area contributed by atoms with E-state index in [1.807, 2.05) is 0 Å². The van der Waals surface area contributed by atoms with Crippen LogP contribution in [0.25, 0.3) is 0 Å². The van der Waals surface area contributed by atoms with Crippen molar-refractivity contribution in [1.82, 2.24) is 9.97 Å². The number of aromatic carboxylic acids is 1. The number of halogens is 5. The maximum absolute atomic E-state index is 13.2. The normalized spacial score (nSPS) is 12.2. The Morgan fingerprint density at radius 3 is 2.38 bits per heavy atom. The number of alkyl halides is 3. The number of hydrogen-bond donors (Lipinski definition) is 1. The summed E-state index contributed by atoms with van der Waals surface area (Å²) in [6.45, 7) is 0. The molecule has 0 saturated heterocycles. The Labute approximate surface area is 144 Å². The molecule has 2 aromatic rings. The zero-order valence-corrected chi connectivity index (χ0v) is 13.2. The molecular formula is C14H9Cl2F3N2O3. The fourth-order valence-electron chi connectivity index (χ4n) is 1.79. The number of carbonyl (C=O) groups is 1. The van der Waals surface area contributed by atoms with Crippen LogP contribution < -0.4 is 4.74 Å². The smallest absolute Gasteiger partial charge is 0.341 e. The van der Waals surface area contributed by atoms with Gasteiger partial charge in [0.2, 0.25) is 0 Å². The van der Waals surface area contributed by atoms with E-state index in [4.69, 9.17) is 27.9 Å². The summed E-state index contributed by atoms with van der Waals surface area (Å²) in [5.74, 6) is -1.69. The highest BCUT2D eigenvalue weighted by atomic mass is 35.5. The highest BCUT2D eigenvalue weighted by Crippen LogP contribution is 2.33. The molecule has 0 spiro atoms. The van der Waals surface area contributed by atoms with Crippen molar-refractivity contribution in [3.8, 4) is 11.8 Å². The van der Waals surface area contributed by atoms with Crippen molar-refractivity contribution in [2.24, 2.45) is 0 Å². The van der Waals surface area contributed by atoms with Gasteiger partial charge in [-0.2, -0.15) is 0 Å². The van der Waals surface area contributed by atoms with Crippen molar-refractivity contribution in [1.29, 1.82) is 0 Å². The van der Waals surface area contributed by atoms with E-state index >= 15 is 0 Å². The Morgan fingerprint density at radius 2 is 1.83 bits per heavy atom. The lowest BCUT2D eigenvalue weighted by Gasteiger charge is -2.13. The van der Waals surface area contributed by atoms with E-state index in [9.17, 15) is 23.1 Å². The molecule has 2 rings (SSSR count). The van der Waals surface area contributed by atoms with Gasteiger partial charge in [0.15, 0.2) is 6.17 Å². The molecule has 5 nitrogen and oxygen atoms in total. The molecule has 1 heterocycles. The van der Waals surface area contributed by atoms with Crippen molar-refractivity contribution in [3.63, 3.8) is 0 Å². The first kappa shape index (κ1) is 18.3. The van der Waals surface area contributed by atoms with Crippen molar-refractivity contribution < 1.29 is 27.8 Å².